The fourth-order valence-electron chi connectivity index (χ4n) is 3.64. The Bertz CT molecular complexity index is 417. The molecule has 1 aromatic rings. The van der Waals surface area contributed by atoms with Crippen LogP contribution in [0.3, 0.4) is 0 Å². The molecular weight excluding hydrogens is 262 g/mol. The van der Waals surface area contributed by atoms with E-state index in [0.29, 0.717) is 12.0 Å². The molecule has 0 amide bonds. The third-order valence-electron chi connectivity index (χ3n) is 5.06. The average molecular weight is 289 g/mol. The molecular formula is C17H27N3O. The minimum atomic E-state index is -0.0804. The van der Waals surface area contributed by atoms with Crippen LogP contribution in [0, 0.1) is 5.92 Å². The van der Waals surface area contributed by atoms with Crippen molar-refractivity contribution < 1.29 is 5.11 Å². The highest BCUT2D eigenvalue weighted by Crippen LogP contribution is 2.24. The van der Waals surface area contributed by atoms with Gasteiger partial charge in [0.25, 0.3) is 0 Å². The topological polar surface area (TPSA) is 48.4 Å². The van der Waals surface area contributed by atoms with Gasteiger partial charge in [0.15, 0.2) is 0 Å². The van der Waals surface area contributed by atoms with Crippen LogP contribution in [-0.4, -0.2) is 41.9 Å². The molecule has 2 atom stereocenters. The maximum absolute atomic E-state index is 10.0. The van der Waals surface area contributed by atoms with Crippen molar-refractivity contribution in [3.63, 3.8) is 0 Å². The van der Waals surface area contributed by atoms with E-state index >= 15 is 0 Å². The number of piperidine rings is 1. The van der Waals surface area contributed by atoms with Crippen molar-refractivity contribution in [3.05, 3.63) is 24.5 Å². The van der Waals surface area contributed by atoms with Gasteiger partial charge in [0, 0.05) is 43.8 Å². The van der Waals surface area contributed by atoms with Crippen LogP contribution >= 0.6 is 0 Å². The molecule has 2 N–H and O–H groups in total. The average Bonchev–Trinajstić information content (AvgIpc) is 2.55. The maximum atomic E-state index is 10.0. The lowest BCUT2D eigenvalue weighted by molar-refractivity contribution is 0.0676. The van der Waals surface area contributed by atoms with Crippen molar-refractivity contribution >= 4 is 5.69 Å². The summed E-state index contributed by atoms with van der Waals surface area (Å²) < 4.78 is 0. The van der Waals surface area contributed by atoms with E-state index in [1.807, 2.05) is 12.4 Å². The number of anilines is 1. The van der Waals surface area contributed by atoms with Gasteiger partial charge in [-0.05, 0) is 43.7 Å². The molecule has 2 fully saturated rings. The van der Waals surface area contributed by atoms with Crippen molar-refractivity contribution in [2.45, 2.75) is 50.7 Å². The normalized spacial score (nSPS) is 27.8. The van der Waals surface area contributed by atoms with Gasteiger partial charge in [0.05, 0.1) is 6.10 Å². The summed E-state index contributed by atoms with van der Waals surface area (Å²) in [6.45, 7) is 3.20. The Morgan fingerprint density at radius 2 is 1.81 bits per heavy atom. The van der Waals surface area contributed by atoms with E-state index in [1.165, 1.54) is 37.8 Å². The molecule has 4 nitrogen and oxygen atoms in total. The first-order chi connectivity index (χ1) is 10.3. The number of nitrogens with zero attached hydrogens (tertiary/aromatic N) is 2. The fourth-order valence-corrected chi connectivity index (χ4v) is 3.64. The molecule has 1 aliphatic carbocycles. The van der Waals surface area contributed by atoms with Gasteiger partial charge < -0.3 is 15.3 Å². The fraction of sp³-hybridized carbons (Fsp3) is 0.706. The second-order valence-electron chi connectivity index (χ2n) is 6.49. The third kappa shape index (κ3) is 3.95. The molecule has 21 heavy (non-hydrogen) atoms. The van der Waals surface area contributed by atoms with Crippen molar-refractivity contribution in [2.75, 3.05) is 24.5 Å². The number of hydrogen-bond acceptors (Lipinski definition) is 4. The minimum absolute atomic E-state index is 0.0804. The lowest BCUT2D eigenvalue weighted by Crippen LogP contribution is -2.45. The largest absolute Gasteiger partial charge is 0.393 e. The number of nitrogens with one attached hydrogen (secondary N) is 1. The molecule has 2 heterocycles. The lowest BCUT2D eigenvalue weighted by atomic mass is 9.86. The van der Waals surface area contributed by atoms with Crippen LogP contribution in [0.15, 0.2) is 24.5 Å². The Balaban J connectivity index is 1.41. The van der Waals surface area contributed by atoms with Crippen LogP contribution in [-0.2, 0) is 0 Å². The number of hydrogen-bond donors (Lipinski definition) is 2. The van der Waals surface area contributed by atoms with Gasteiger partial charge in [-0.25, -0.2) is 0 Å². The predicted molar refractivity (Wildman–Crippen MR) is 85.4 cm³/mol. The first-order valence-electron chi connectivity index (χ1n) is 8.39. The second kappa shape index (κ2) is 7.23. The summed E-state index contributed by atoms with van der Waals surface area (Å²) >= 11 is 0. The van der Waals surface area contributed by atoms with E-state index in [0.717, 1.165) is 26.1 Å². The van der Waals surface area contributed by atoms with Gasteiger partial charge in [0.1, 0.15) is 0 Å². The van der Waals surface area contributed by atoms with E-state index in [4.69, 9.17) is 0 Å². The minimum Gasteiger partial charge on any atom is -0.393 e. The molecule has 2 aliphatic rings. The second-order valence-corrected chi connectivity index (χ2v) is 6.49. The zero-order chi connectivity index (χ0) is 14.5. The zero-order valence-electron chi connectivity index (χ0n) is 12.7. The van der Waals surface area contributed by atoms with Crippen molar-refractivity contribution in [1.29, 1.82) is 0 Å². The van der Waals surface area contributed by atoms with E-state index < -0.39 is 0 Å². The molecule has 1 saturated heterocycles. The van der Waals surface area contributed by atoms with Gasteiger partial charge in [0.2, 0.25) is 0 Å². The van der Waals surface area contributed by atoms with Crippen molar-refractivity contribution in [1.82, 2.24) is 10.3 Å². The highest BCUT2D eigenvalue weighted by molar-refractivity contribution is 5.44. The van der Waals surface area contributed by atoms with E-state index in [9.17, 15) is 5.11 Å². The molecule has 0 spiro atoms. The first kappa shape index (κ1) is 14.8. The van der Waals surface area contributed by atoms with E-state index in [2.05, 4.69) is 27.3 Å². The van der Waals surface area contributed by atoms with Crippen LogP contribution in [0.25, 0.3) is 0 Å². The summed E-state index contributed by atoms with van der Waals surface area (Å²) in [6, 6.07) is 4.79. The maximum Gasteiger partial charge on any atom is 0.0580 e. The molecule has 1 aromatic heterocycles. The van der Waals surface area contributed by atoms with Gasteiger partial charge in [-0.2, -0.15) is 0 Å². The Morgan fingerprint density at radius 1 is 1.10 bits per heavy atom. The molecule has 0 bridgehead atoms. The molecule has 2 unspecified atom stereocenters. The van der Waals surface area contributed by atoms with Crippen LogP contribution < -0.4 is 10.2 Å². The standard InChI is InChI=1S/C17H27N3O/c21-17-4-2-1-3-14(17)13-19-15-7-11-20(12-8-15)16-5-9-18-10-6-16/h5-6,9-10,14-15,17,19,21H,1-4,7-8,11-13H2. The highest BCUT2D eigenvalue weighted by atomic mass is 16.3. The molecule has 1 aliphatic heterocycles. The van der Waals surface area contributed by atoms with Crippen LogP contribution in [0.1, 0.15) is 38.5 Å². The van der Waals surface area contributed by atoms with Crippen molar-refractivity contribution in [3.8, 4) is 0 Å². The number of aliphatic hydroxyl groups is 1. The Hall–Kier alpha value is -1.13. The highest BCUT2D eigenvalue weighted by Gasteiger charge is 2.25. The summed E-state index contributed by atoms with van der Waals surface area (Å²) in [5, 5.41) is 13.7. The lowest BCUT2D eigenvalue weighted by Gasteiger charge is -2.35. The first-order valence-corrected chi connectivity index (χ1v) is 8.39. The van der Waals surface area contributed by atoms with Crippen LogP contribution in [0.5, 0.6) is 0 Å². The molecule has 116 valence electrons. The summed E-state index contributed by atoms with van der Waals surface area (Å²) in [5.74, 6) is 0.469. The molecule has 4 heteroatoms. The molecule has 1 saturated carbocycles. The third-order valence-corrected chi connectivity index (χ3v) is 5.06. The number of rotatable bonds is 4. The van der Waals surface area contributed by atoms with Gasteiger partial charge >= 0.3 is 0 Å². The Morgan fingerprint density at radius 3 is 2.52 bits per heavy atom. The van der Waals surface area contributed by atoms with Gasteiger partial charge in [-0.15, -0.1) is 0 Å². The molecule has 3 rings (SSSR count). The number of aromatic nitrogens is 1. The molecule has 0 radical (unpaired) electrons. The van der Waals surface area contributed by atoms with Crippen LogP contribution in [0.2, 0.25) is 0 Å². The van der Waals surface area contributed by atoms with E-state index in [-0.39, 0.29) is 6.10 Å². The number of pyridine rings is 1. The zero-order valence-corrected chi connectivity index (χ0v) is 12.7. The summed E-state index contributed by atoms with van der Waals surface area (Å²) in [6.07, 6.45) is 10.7. The Labute approximate surface area is 127 Å². The summed E-state index contributed by atoms with van der Waals surface area (Å²) in [5.41, 5.74) is 1.28. The van der Waals surface area contributed by atoms with Gasteiger partial charge in [-0.1, -0.05) is 12.8 Å². The summed E-state index contributed by atoms with van der Waals surface area (Å²) in [7, 11) is 0. The predicted octanol–water partition coefficient (Wildman–Crippen LogP) is 2.19. The molecule has 0 aromatic carbocycles. The monoisotopic (exact) mass is 289 g/mol. The smallest absolute Gasteiger partial charge is 0.0580 e. The van der Waals surface area contributed by atoms with Gasteiger partial charge in [-0.3, -0.25) is 4.98 Å². The van der Waals surface area contributed by atoms with Crippen LogP contribution in [0.4, 0.5) is 5.69 Å². The summed E-state index contributed by atoms with van der Waals surface area (Å²) in [4.78, 5) is 6.52. The Kier molecular flexibility index (Phi) is 5.09. The SMILES string of the molecule is OC1CCCCC1CNC1CCN(c2ccncc2)CC1. The van der Waals surface area contributed by atoms with Crippen molar-refractivity contribution in [2.24, 2.45) is 5.92 Å². The number of aliphatic hydroxyl groups excluding tert-OH is 1. The quantitative estimate of drug-likeness (QED) is 0.892. The van der Waals surface area contributed by atoms with E-state index in [1.54, 1.807) is 0 Å².